The van der Waals surface area contributed by atoms with Crippen LogP contribution in [0.2, 0.25) is 0 Å². The highest BCUT2D eigenvalue weighted by Gasteiger charge is 2.43. The molecule has 3 aromatic carbocycles. The molecule has 5 rings (SSSR count). The van der Waals surface area contributed by atoms with E-state index in [0.717, 1.165) is 10.0 Å². The molecule has 1 atom stereocenters. The van der Waals surface area contributed by atoms with Gasteiger partial charge in [0.1, 0.15) is 11.3 Å². The SMILES string of the molecule is CCOc1cccc(C2c3c(oc4ccc(Br)cc4c3=O)C(=O)N2c2ccc(C(C)=O)cc2)c1. The summed E-state index contributed by atoms with van der Waals surface area (Å²) in [6.07, 6.45) is 0. The number of anilines is 1. The van der Waals surface area contributed by atoms with Crippen LogP contribution >= 0.6 is 15.9 Å². The lowest BCUT2D eigenvalue weighted by Crippen LogP contribution is -2.29. The third-order valence-electron chi connectivity index (χ3n) is 5.87. The number of nitrogens with zero attached hydrogens (tertiary/aromatic N) is 1. The number of benzene rings is 3. The molecule has 0 spiro atoms. The highest BCUT2D eigenvalue weighted by Crippen LogP contribution is 2.42. The van der Waals surface area contributed by atoms with Gasteiger partial charge in [-0.3, -0.25) is 19.3 Å². The number of carbonyl (C=O) groups is 2. The third kappa shape index (κ3) is 3.62. The number of Topliss-reactive ketones (excluding diaryl/α,β-unsaturated/α-hetero) is 1. The molecule has 6 nitrogen and oxygen atoms in total. The molecule has 170 valence electrons. The minimum Gasteiger partial charge on any atom is -0.494 e. The Bertz CT molecular complexity index is 1510. The van der Waals surface area contributed by atoms with Crippen molar-refractivity contribution >= 4 is 44.3 Å². The van der Waals surface area contributed by atoms with Crippen LogP contribution in [0.3, 0.4) is 0 Å². The van der Waals surface area contributed by atoms with E-state index in [-0.39, 0.29) is 22.5 Å². The monoisotopic (exact) mass is 517 g/mol. The molecule has 0 saturated carbocycles. The summed E-state index contributed by atoms with van der Waals surface area (Å²) in [4.78, 5) is 40.7. The standard InChI is InChI=1S/C27H20BrNO5/c1-3-33-20-6-4-5-17(13-20)24-23-25(31)21-14-18(28)9-12-22(21)34-26(23)27(32)29(24)19-10-7-16(8-11-19)15(2)30/h4-14,24H,3H2,1-2H3. The van der Waals surface area contributed by atoms with Crippen LogP contribution in [0.5, 0.6) is 5.75 Å². The van der Waals surface area contributed by atoms with Crippen LogP contribution in [0, 0.1) is 0 Å². The van der Waals surface area contributed by atoms with Gasteiger partial charge in [0.05, 0.1) is 23.6 Å². The van der Waals surface area contributed by atoms with E-state index in [4.69, 9.17) is 9.15 Å². The van der Waals surface area contributed by atoms with Crippen molar-refractivity contribution in [2.75, 3.05) is 11.5 Å². The Hall–Kier alpha value is -3.71. The highest BCUT2D eigenvalue weighted by molar-refractivity contribution is 9.10. The van der Waals surface area contributed by atoms with Crippen molar-refractivity contribution in [2.45, 2.75) is 19.9 Å². The molecule has 0 aliphatic carbocycles. The summed E-state index contributed by atoms with van der Waals surface area (Å²) < 4.78 is 12.4. The van der Waals surface area contributed by atoms with Gasteiger partial charge in [-0.1, -0.05) is 28.1 Å². The lowest BCUT2D eigenvalue weighted by Gasteiger charge is -2.25. The quantitative estimate of drug-likeness (QED) is 0.307. The number of ether oxygens (including phenoxy) is 1. The lowest BCUT2D eigenvalue weighted by molar-refractivity contribution is 0.0970. The van der Waals surface area contributed by atoms with E-state index in [9.17, 15) is 14.4 Å². The van der Waals surface area contributed by atoms with Gasteiger partial charge in [0.15, 0.2) is 11.2 Å². The fourth-order valence-electron chi connectivity index (χ4n) is 4.32. The highest BCUT2D eigenvalue weighted by atomic mass is 79.9. The van der Waals surface area contributed by atoms with Gasteiger partial charge in [-0.2, -0.15) is 0 Å². The fourth-order valence-corrected chi connectivity index (χ4v) is 4.69. The maximum absolute atomic E-state index is 13.7. The van der Waals surface area contributed by atoms with Crippen molar-refractivity contribution in [1.29, 1.82) is 0 Å². The van der Waals surface area contributed by atoms with Gasteiger partial charge in [-0.15, -0.1) is 0 Å². The Morgan fingerprint density at radius 3 is 2.53 bits per heavy atom. The third-order valence-corrected chi connectivity index (χ3v) is 6.36. The summed E-state index contributed by atoms with van der Waals surface area (Å²) in [6.45, 7) is 3.86. The predicted octanol–water partition coefficient (Wildman–Crippen LogP) is 5.91. The van der Waals surface area contributed by atoms with Crippen LogP contribution in [0.1, 0.15) is 51.9 Å². The molecule has 1 aliphatic rings. The molecular weight excluding hydrogens is 498 g/mol. The van der Waals surface area contributed by atoms with E-state index in [0.29, 0.717) is 34.6 Å². The average Bonchev–Trinajstić information content (AvgIpc) is 3.12. The van der Waals surface area contributed by atoms with Gasteiger partial charge in [0.25, 0.3) is 5.91 Å². The van der Waals surface area contributed by atoms with Gasteiger partial charge >= 0.3 is 0 Å². The second kappa shape index (κ2) is 8.57. The summed E-state index contributed by atoms with van der Waals surface area (Å²) >= 11 is 3.41. The van der Waals surface area contributed by atoms with Crippen LogP contribution in [0.25, 0.3) is 11.0 Å². The van der Waals surface area contributed by atoms with Crippen molar-refractivity contribution < 1.29 is 18.7 Å². The molecule has 1 aromatic heterocycles. The van der Waals surface area contributed by atoms with Crippen LogP contribution in [-0.4, -0.2) is 18.3 Å². The van der Waals surface area contributed by atoms with Gasteiger partial charge in [-0.05, 0) is 74.0 Å². The molecule has 1 aliphatic heterocycles. The topological polar surface area (TPSA) is 76.8 Å². The minimum atomic E-state index is -0.717. The molecule has 7 heteroatoms. The number of rotatable bonds is 5. The van der Waals surface area contributed by atoms with E-state index in [1.165, 1.54) is 6.92 Å². The largest absolute Gasteiger partial charge is 0.494 e. The normalized spacial score (nSPS) is 15.0. The van der Waals surface area contributed by atoms with Crippen molar-refractivity contribution in [2.24, 2.45) is 0 Å². The first kappa shape index (κ1) is 22.1. The van der Waals surface area contributed by atoms with Crippen molar-refractivity contribution in [3.05, 3.63) is 104 Å². The van der Waals surface area contributed by atoms with Crippen molar-refractivity contribution in [1.82, 2.24) is 0 Å². The molecule has 0 radical (unpaired) electrons. The van der Waals surface area contributed by atoms with Gasteiger partial charge in [0.2, 0.25) is 5.76 Å². The first-order chi connectivity index (χ1) is 16.4. The van der Waals surface area contributed by atoms with Crippen molar-refractivity contribution in [3.8, 4) is 5.75 Å². The van der Waals surface area contributed by atoms with Crippen molar-refractivity contribution in [3.63, 3.8) is 0 Å². The van der Waals surface area contributed by atoms with Gasteiger partial charge in [0, 0.05) is 15.7 Å². The number of halogens is 1. The van der Waals surface area contributed by atoms with Crippen LogP contribution in [0.4, 0.5) is 5.69 Å². The number of hydrogen-bond acceptors (Lipinski definition) is 5. The molecule has 0 N–H and O–H groups in total. The molecule has 4 aromatic rings. The zero-order valence-corrected chi connectivity index (χ0v) is 20.1. The maximum Gasteiger partial charge on any atom is 0.295 e. The Morgan fingerprint density at radius 1 is 1.06 bits per heavy atom. The summed E-state index contributed by atoms with van der Waals surface area (Å²) in [5, 5.41) is 0.390. The van der Waals surface area contributed by atoms with Crippen LogP contribution in [-0.2, 0) is 0 Å². The molecular formula is C27H20BrNO5. The summed E-state index contributed by atoms with van der Waals surface area (Å²) in [6, 6.07) is 18.5. The van der Waals surface area contributed by atoms with Gasteiger partial charge < -0.3 is 9.15 Å². The van der Waals surface area contributed by atoms with E-state index in [2.05, 4.69) is 15.9 Å². The Kier molecular flexibility index (Phi) is 5.57. The molecule has 0 bridgehead atoms. The molecule has 1 amide bonds. The number of carbonyl (C=O) groups excluding carboxylic acids is 2. The first-order valence-corrected chi connectivity index (χ1v) is 11.6. The Labute approximate surface area is 203 Å². The Morgan fingerprint density at radius 2 is 1.82 bits per heavy atom. The number of ketones is 1. The van der Waals surface area contributed by atoms with E-state index >= 15 is 0 Å². The number of fused-ring (bicyclic) bond motifs is 2. The smallest absolute Gasteiger partial charge is 0.295 e. The molecule has 0 saturated heterocycles. The van der Waals surface area contributed by atoms with E-state index in [1.54, 1.807) is 47.4 Å². The average molecular weight is 518 g/mol. The maximum atomic E-state index is 13.7. The second-order valence-corrected chi connectivity index (χ2v) is 8.92. The van der Waals surface area contributed by atoms with E-state index in [1.807, 2.05) is 31.2 Å². The summed E-state index contributed by atoms with van der Waals surface area (Å²) in [5.74, 6) is 0.166. The van der Waals surface area contributed by atoms with Gasteiger partial charge in [-0.25, -0.2) is 0 Å². The minimum absolute atomic E-state index is 0.0160. The lowest BCUT2D eigenvalue weighted by atomic mass is 9.98. The summed E-state index contributed by atoms with van der Waals surface area (Å²) in [5.41, 5.74) is 2.16. The van der Waals surface area contributed by atoms with Crippen LogP contribution < -0.4 is 15.1 Å². The fraction of sp³-hybridized carbons (Fsp3) is 0.148. The zero-order valence-electron chi connectivity index (χ0n) is 18.5. The molecule has 1 unspecified atom stereocenters. The summed E-state index contributed by atoms with van der Waals surface area (Å²) in [7, 11) is 0. The first-order valence-electron chi connectivity index (χ1n) is 10.8. The molecule has 0 fully saturated rings. The number of amides is 1. The molecule has 34 heavy (non-hydrogen) atoms. The number of hydrogen-bond donors (Lipinski definition) is 0. The predicted molar refractivity (Wildman–Crippen MR) is 133 cm³/mol. The van der Waals surface area contributed by atoms with Crippen LogP contribution in [0.15, 0.2) is 80.4 Å². The second-order valence-electron chi connectivity index (χ2n) is 8.00. The Balaban J connectivity index is 1.76. The zero-order chi connectivity index (χ0) is 24.0. The molecule has 2 heterocycles. The van der Waals surface area contributed by atoms with E-state index < -0.39 is 11.9 Å².